The molecular formula is C15H20N4OS. The van der Waals surface area contributed by atoms with Gasteiger partial charge in [0.2, 0.25) is 0 Å². The van der Waals surface area contributed by atoms with Gasteiger partial charge in [-0.2, -0.15) is 0 Å². The molecule has 21 heavy (non-hydrogen) atoms. The van der Waals surface area contributed by atoms with Crippen molar-refractivity contribution < 1.29 is 4.79 Å². The highest BCUT2D eigenvalue weighted by Gasteiger charge is 2.25. The highest BCUT2D eigenvalue weighted by molar-refractivity contribution is 7.12. The Bertz CT molecular complexity index is 647. The summed E-state index contributed by atoms with van der Waals surface area (Å²) in [5.74, 6) is 0.124. The maximum atomic E-state index is 12.8. The van der Waals surface area contributed by atoms with Gasteiger partial charge in [-0.15, -0.1) is 11.3 Å². The summed E-state index contributed by atoms with van der Waals surface area (Å²) in [6, 6.07) is 2.33. The van der Waals surface area contributed by atoms with Gasteiger partial charge in [0.1, 0.15) is 0 Å². The van der Waals surface area contributed by atoms with Crippen LogP contribution in [-0.2, 0) is 0 Å². The molecule has 6 heteroatoms. The van der Waals surface area contributed by atoms with Crippen molar-refractivity contribution >= 4 is 17.2 Å². The van der Waals surface area contributed by atoms with Gasteiger partial charge < -0.3 is 10.2 Å². The lowest BCUT2D eigenvalue weighted by molar-refractivity contribution is 0.0708. The van der Waals surface area contributed by atoms with E-state index in [9.17, 15) is 4.79 Å². The van der Waals surface area contributed by atoms with Gasteiger partial charge in [-0.3, -0.25) is 9.36 Å². The van der Waals surface area contributed by atoms with Gasteiger partial charge in [-0.05, 0) is 26.8 Å². The van der Waals surface area contributed by atoms with Crippen LogP contribution in [0.1, 0.15) is 28.7 Å². The Morgan fingerprint density at radius 3 is 2.95 bits per heavy atom. The topological polar surface area (TPSA) is 50.2 Å². The summed E-state index contributed by atoms with van der Waals surface area (Å²) in [6.45, 7) is 8.51. The maximum Gasteiger partial charge on any atom is 0.255 e. The van der Waals surface area contributed by atoms with Crippen molar-refractivity contribution in [1.29, 1.82) is 0 Å². The Morgan fingerprint density at radius 1 is 1.48 bits per heavy atom. The zero-order valence-electron chi connectivity index (χ0n) is 12.6. The fourth-order valence-electron chi connectivity index (χ4n) is 2.89. The third-order valence-corrected chi connectivity index (χ3v) is 4.68. The standard InChI is InChI=1S/C15H20N4OS/c1-10-9-18(6-4-16-10)14(20)13-8-11(2)19(12(13)3)15-17-5-7-21-15/h5,7-8,10,16H,4,6,9H2,1-3H3. The van der Waals surface area contributed by atoms with E-state index < -0.39 is 0 Å². The first-order valence-corrected chi connectivity index (χ1v) is 8.07. The molecule has 1 fully saturated rings. The molecule has 1 saturated heterocycles. The van der Waals surface area contributed by atoms with Crippen LogP contribution in [0.3, 0.4) is 0 Å². The average molecular weight is 304 g/mol. The Morgan fingerprint density at radius 2 is 2.29 bits per heavy atom. The molecule has 5 nitrogen and oxygen atoms in total. The predicted octanol–water partition coefficient (Wildman–Crippen LogP) is 1.98. The van der Waals surface area contributed by atoms with Gasteiger partial charge in [0.05, 0.1) is 5.56 Å². The number of thiazole rings is 1. The largest absolute Gasteiger partial charge is 0.336 e. The molecule has 2 aromatic heterocycles. The van der Waals surface area contributed by atoms with Crippen LogP contribution in [0.15, 0.2) is 17.6 Å². The summed E-state index contributed by atoms with van der Waals surface area (Å²) in [7, 11) is 0. The summed E-state index contributed by atoms with van der Waals surface area (Å²) in [6.07, 6.45) is 1.79. The molecule has 0 bridgehead atoms. The summed E-state index contributed by atoms with van der Waals surface area (Å²) in [5, 5.41) is 6.23. The van der Waals surface area contributed by atoms with E-state index in [1.807, 2.05) is 30.2 Å². The normalized spacial score (nSPS) is 19.0. The smallest absolute Gasteiger partial charge is 0.255 e. The number of hydrogen-bond acceptors (Lipinski definition) is 4. The molecule has 0 saturated carbocycles. The quantitative estimate of drug-likeness (QED) is 0.923. The molecule has 3 heterocycles. The van der Waals surface area contributed by atoms with Crippen molar-refractivity contribution in [1.82, 2.24) is 19.8 Å². The van der Waals surface area contributed by atoms with Crippen LogP contribution in [0.2, 0.25) is 0 Å². The van der Waals surface area contributed by atoms with Crippen LogP contribution in [0.25, 0.3) is 5.13 Å². The second-order valence-corrected chi connectivity index (χ2v) is 6.41. The van der Waals surface area contributed by atoms with Gasteiger partial charge in [-0.25, -0.2) is 4.98 Å². The molecule has 1 N–H and O–H groups in total. The van der Waals surface area contributed by atoms with E-state index >= 15 is 0 Å². The maximum absolute atomic E-state index is 12.8. The van der Waals surface area contributed by atoms with Crippen LogP contribution in [0.4, 0.5) is 0 Å². The van der Waals surface area contributed by atoms with Gasteiger partial charge in [-0.1, -0.05) is 0 Å². The lowest BCUT2D eigenvalue weighted by atomic mass is 10.1. The Balaban J connectivity index is 1.93. The van der Waals surface area contributed by atoms with E-state index in [0.29, 0.717) is 6.04 Å². The fraction of sp³-hybridized carbons (Fsp3) is 0.467. The summed E-state index contributed by atoms with van der Waals surface area (Å²) < 4.78 is 2.06. The molecule has 0 spiro atoms. The number of piperazine rings is 1. The number of aromatic nitrogens is 2. The first-order valence-electron chi connectivity index (χ1n) is 7.19. The number of carbonyl (C=O) groups excluding carboxylic acids is 1. The number of aryl methyl sites for hydroxylation is 1. The van der Waals surface area contributed by atoms with Gasteiger partial charge in [0, 0.05) is 48.6 Å². The van der Waals surface area contributed by atoms with Crippen LogP contribution in [-0.4, -0.2) is 46.0 Å². The molecular weight excluding hydrogens is 284 g/mol. The van der Waals surface area contributed by atoms with E-state index in [2.05, 4.69) is 21.8 Å². The zero-order chi connectivity index (χ0) is 15.0. The van der Waals surface area contributed by atoms with E-state index in [1.165, 1.54) is 0 Å². The fourth-order valence-corrected chi connectivity index (χ4v) is 3.64. The van der Waals surface area contributed by atoms with Crippen LogP contribution in [0, 0.1) is 13.8 Å². The minimum absolute atomic E-state index is 0.124. The summed E-state index contributed by atoms with van der Waals surface area (Å²) in [4.78, 5) is 19.1. The first kappa shape index (κ1) is 14.3. The first-order chi connectivity index (χ1) is 10.1. The SMILES string of the molecule is Cc1cc(C(=O)N2CCNC(C)C2)c(C)n1-c1nccs1. The molecule has 0 radical (unpaired) electrons. The number of amides is 1. The molecule has 0 aromatic carbocycles. The Kier molecular flexibility index (Phi) is 3.82. The highest BCUT2D eigenvalue weighted by Crippen LogP contribution is 2.23. The summed E-state index contributed by atoms with van der Waals surface area (Å²) >= 11 is 1.58. The number of rotatable bonds is 2. The monoisotopic (exact) mass is 304 g/mol. The molecule has 1 aliphatic rings. The van der Waals surface area contributed by atoms with Crippen LogP contribution < -0.4 is 5.32 Å². The van der Waals surface area contributed by atoms with Crippen molar-refractivity contribution in [3.8, 4) is 5.13 Å². The number of nitrogens with zero attached hydrogens (tertiary/aromatic N) is 3. The molecule has 112 valence electrons. The lowest BCUT2D eigenvalue weighted by Crippen LogP contribution is -2.51. The van der Waals surface area contributed by atoms with Crippen LogP contribution in [0.5, 0.6) is 0 Å². The van der Waals surface area contributed by atoms with Gasteiger partial charge in [0.25, 0.3) is 5.91 Å². The highest BCUT2D eigenvalue weighted by atomic mass is 32.1. The van der Waals surface area contributed by atoms with Crippen molar-refractivity contribution in [2.24, 2.45) is 0 Å². The van der Waals surface area contributed by atoms with E-state index in [4.69, 9.17) is 0 Å². The molecule has 0 aliphatic carbocycles. The lowest BCUT2D eigenvalue weighted by Gasteiger charge is -2.31. The second kappa shape index (κ2) is 5.61. The van der Waals surface area contributed by atoms with Gasteiger partial charge >= 0.3 is 0 Å². The molecule has 1 atom stereocenters. The second-order valence-electron chi connectivity index (χ2n) is 5.54. The zero-order valence-corrected chi connectivity index (χ0v) is 13.4. The van der Waals surface area contributed by atoms with E-state index in [-0.39, 0.29) is 5.91 Å². The molecule has 1 unspecified atom stereocenters. The predicted molar refractivity (Wildman–Crippen MR) is 84.3 cm³/mol. The minimum Gasteiger partial charge on any atom is -0.336 e. The molecule has 2 aromatic rings. The molecule has 1 amide bonds. The Labute approximate surface area is 128 Å². The third-order valence-electron chi connectivity index (χ3n) is 3.93. The third kappa shape index (κ3) is 2.61. The van der Waals surface area contributed by atoms with Crippen molar-refractivity contribution in [2.75, 3.05) is 19.6 Å². The minimum atomic E-state index is 0.124. The number of carbonyl (C=O) groups is 1. The molecule has 1 aliphatic heterocycles. The van der Waals surface area contributed by atoms with E-state index in [0.717, 1.165) is 41.7 Å². The Hall–Kier alpha value is -1.66. The van der Waals surface area contributed by atoms with Crippen molar-refractivity contribution in [3.05, 3.63) is 34.6 Å². The van der Waals surface area contributed by atoms with Crippen molar-refractivity contribution in [2.45, 2.75) is 26.8 Å². The average Bonchev–Trinajstić information content (AvgIpc) is 3.06. The number of nitrogens with one attached hydrogen (secondary N) is 1. The van der Waals surface area contributed by atoms with E-state index in [1.54, 1.807) is 17.5 Å². The number of hydrogen-bond donors (Lipinski definition) is 1. The van der Waals surface area contributed by atoms with Gasteiger partial charge in [0.15, 0.2) is 5.13 Å². The van der Waals surface area contributed by atoms with Crippen LogP contribution >= 0.6 is 11.3 Å². The van der Waals surface area contributed by atoms with Crippen molar-refractivity contribution in [3.63, 3.8) is 0 Å². The molecule has 3 rings (SSSR count). The summed E-state index contributed by atoms with van der Waals surface area (Å²) in [5.41, 5.74) is 2.81.